The first kappa shape index (κ1) is 23.0. The maximum Gasteiger partial charge on any atom is 0.190 e. The molecule has 0 aliphatic carbocycles. The third kappa shape index (κ3) is 5.74. The monoisotopic (exact) mass is 443 g/mol. The number of nitrogens with zero attached hydrogens (tertiary/aromatic N) is 3. The highest BCUT2D eigenvalue weighted by Gasteiger charge is 2.14. The topological polar surface area (TPSA) is 39.0 Å². The lowest BCUT2D eigenvalue weighted by atomic mass is 10.1. The molecule has 5 nitrogen and oxygen atoms in total. The number of aromatic nitrogens is 1. The number of benzene rings is 2. The Kier molecular flexibility index (Phi) is 8.26. The van der Waals surface area contributed by atoms with E-state index in [-0.39, 0.29) is 5.82 Å². The van der Waals surface area contributed by atoms with E-state index in [4.69, 9.17) is 14.5 Å². The van der Waals surface area contributed by atoms with Crippen LogP contribution in [0.25, 0.3) is 11.3 Å². The van der Waals surface area contributed by atoms with Crippen molar-refractivity contribution in [3.05, 3.63) is 58.5 Å². The van der Waals surface area contributed by atoms with Crippen molar-refractivity contribution in [2.45, 2.75) is 26.8 Å². The summed E-state index contributed by atoms with van der Waals surface area (Å²) in [5.41, 5.74) is 2.72. The summed E-state index contributed by atoms with van der Waals surface area (Å²) in [7, 11) is 3.33. The maximum absolute atomic E-state index is 13.3. The first-order valence-electron chi connectivity index (χ1n) is 10.5. The van der Waals surface area contributed by atoms with Gasteiger partial charge < -0.3 is 18.9 Å². The van der Waals surface area contributed by atoms with Gasteiger partial charge in [0, 0.05) is 17.5 Å². The minimum Gasteiger partial charge on any atom is -0.497 e. The molecule has 0 aliphatic heterocycles. The van der Waals surface area contributed by atoms with Gasteiger partial charge in [-0.2, -0.15) is 0 Å². The zero-order valence-corrected chi connectivity index (χ0v) is 19.4. The van der Waals surface area contributed by atoms with Gasteiger partial charge in [-0.1, -0.05) is 13.8 Å². The summed E-state index contributed by atoms with van der Waals surface area (Å²) in [6.45, 7) is 8.27. The van der Waals surface area contributed by atoms with Crippen LogP contribution in [0.1, 0.15) is 20.3 Å². The van der Waals surface area contributed by atoms with Crippen LogP contribution in [0.4, 0.5) is 10.1 Å². The molecule has 0 spiro atoms. The summed E-state index contributed by atoms with van der Waals surface area (Å²) in [5.74, 6) is 1.29. The number of hydrogen-bond acceptors (Lipinski definition) is 5. The third-order valence-corrected chi connectivity index (χ3v) is 6.15. The number of ether oxygens (including phenoxy) is 2. The van der Waals surface area contributed by atoms with Crippen molar-refractivity contribution in [3.63, 3.8) is 0 Å². The fourth-order valence-electron chi connectivity index (χ4n) is 3.48. The Balaban J connectivity index is 2.05. The van der Waals surface area contributed by atoms with Gasteiger partial charge in [-0.05, 0) is 68.5 Å². The number of rotatable bonds is 10. The Morgan fingerprint density at radius 1 is 1.03 bits per heavy atom. The molecule has 3 rings (SSSR count). The Morgan fingerprint density at radius 2 is 1.77 bits per heavy atom. The molecule has 0 fully saturated rings. The molecule has 0 unspecified atom stereocenters. The number of methoxy groups -OCH3 is 2. The molecule has 0 bridgehead atoms. The largest absolute Gasteiger partial charge is 0.497 e. The third-order valence-electron chi connectivity index (χ3n) is 5.28. The molecular formula is C24H30FN3O2S. The molecule has 0 aliphatic rings. The van der Waals surface area contributed by atoms with Crippen LogP contribution in [-0.2, 0) is 6.54 Å². The van der Waals surface area contributed by atoms with E-state index in [2.05, 4.69) is 28.7 Å². The highest BCUT2D eigenvalue weighted by molar-refractivity contribution is 7.07. The van der Waals surface area contributed by atoms with Crippen LogP contribution in [-0.4, -0.2) is 43.3 Å². The molecule has 0 saturated heterocycles. The van der Waals surface area contributed by atoms with Gasteiger partial charge in [0.1, 0.15) is 17.3 Å². The normalized spacial score (nSPS) is 11.9. The van der Waals surface area contributed by atoms with Gasteiger partial charge in [-0.15, -0.1) is 11.3 Å². The summed E-state index contributed by atoms with van der Waals surface area (Å²) in [5, 5.41) is 2.09. The van der Waals surface area contributed by atoms with Crippen molar-refractivity contribution in [2.75, 3.05) is 33.9 Å². The molecule has 1 aromatic heterocycles. The van der Waals surface area contributed by atoms with Gasteiger partial charge in [0.15, 0.2) is 4.80 Å². The van der Waals surface area contributed by atoms with Crippen LogP contribution >= 0.6 is 11.3 Å². The second kappa shape index (κ2) is 11.1. The second-order valence-corrected chi connectivity index (χ2v) is 7.93. The van der Waals surface area contributed by atoms with E-state index in [1.807, 2.05) is 18.2 Å². The predicted octanol–water partition coefficient (Wildman–Crippen LogP) is 5.34. The van der Waals surface area contributed by atoms with Gasteiger partial charge >= 0.3 is 0 Å². The molecule has 0 atom stereocenters. The Hall–Kier alpha value is -2.64. The van der Waals surface area contributed by atoms with Crippen molar-refractivity contribution in [3.8, 4) is 22.8 Å². The minimum atomic E-state index is -0.265. The SMILES string of the molecule is CCN(CC)CCCn1c(-c2cc(OC)ccc2OC)csc1=Nc1ccc(F)cc1. The molecular weight excluding hydrogens is 413 g/mol. The summed E-state index contributed by atoms with van der Waals surface area (Å²) >= 11 is 1.57. The molecule has 31 heavy (non-hydrogen) atoms. The van der Waals surface area contributed by atoms with E-state index in [1.165, 1.54) is 12.1 Å². The van der Waals surface area contributed by atoms with Gasteiger partial charge in [0.2, 0.25) is 0 Å². The summed E-state index contributed by atoms with van der Waals surface area (Å²) < 4.78 is 26.6. The minimum absolute atomic E-state index is 0.265. The molecule has 166 valence electrons. The van der Waals surface area contributed by atoms with Gasteiger partial charge in [-0.3, -0.25) is 0 Å². The first-order valence-corrected chi connectivity index (χ1v) is 11.4. The van der Waals surface area contributed by atoms with E-state index < -0.39 is 0 Å². The fraction of sp³-hybridized carbons (Fsp3) is 0.375. The van der Waals surface area contributed by atoms with Gasteiger partial charge in [0.25, 0.3) is 0 Å². The summed E-state index contributed by atoms with van der Waals surface area (Å²) in [6, 6.07) is 12.1. The molecule has 1 heterocycles. The van der Waals surface area contributed by atoms with Crippen LogP contribution in [0.5, 0.6) is 11.5 Å². The van der Waals surface area contributed by atoms with Crippen molar-refractivity contribution in [1.29, 1.82) is 0 Å². The van der Waals surface area contributed by atoms with Crippen LogP contribution in [0, 0.1) is 5.82 Å². The summed E-state index contributed by atoms with van der Waals surface area (Å²) in [4.78, 5) is 8.07. The highest BCUT2D eigenvalue weighted by Crippen LogP contribution is 2.34. The zero-order valence-electron chi connectivity index (χ0n) is 18.6. The first-order chi connectivity index (χ1) is 15.1. The van der Waals surface area contributed by atoms with Crippen molar-refractivity contribution in [2.24, 2.45) is 4.99 Å². The lowest BCUT2D eigenvalue weighted by Crippen LogP contribution is -2.26. The van der Waals surface area contributed by atoms with E-state index >= 15 is 0 Å². The fourth-order valence-corrected chi connectivity index (χ4v) is 4.43. The molecule has 2 aromatic carbocycles. The number of thiazole rings is 1. The summed E-state index contributed by atoms with van der Waals surface area (Å²) in [6.07, 6.45) is 0.994. The van der Waals surface area contributed by atoms with E-state index in [0.717, 1.165) is 65.8 Å². The van der Waals surface area contributed by atoms with Crippen molar-refractivity contribution < 1.29 is 13.9 Å². The molecule has 3 aromatic rings. The highest BCUT2D eigenvalue weighted by atomic mass is 32.1. The molecule has 7 heteroatoms. The quantitative estimate of drug-likeness (QED) is 0.425. The number of halogens is 1. The Bertz CT molecular complexity index is 1040. The van der Waals surface area contributed by atoms with Crippen molar-refractivity contribution >= 4 is 17.0 Å². The van der Waals surface area contributed by atoms with E-state index in [1.54, 1.807) is 37.7 Å². The predicted molar refractivity (Wildman–Crippen MR) is 125 cm³/mol. The number of hydrogen-bond donors (Lipinski definition) is 0. The molecule has 0 saturated carbocycles. The van der Waals surface area contributed by atoms with Crippen LogP contribution in [0.2, 0.25) is 0 Å². The smallest absolute Gasteiger partial charge is 0.190 e. The lowest BCUT2D eigenvalue weighted by Gasteiger charge is -2.19. The van der Waals surface area contributed by atoms with E-state index in [0.29, 0.717) is 0 Å². The average molecular weight is 444 g/mol. The van der Waals surface area contributed by atoms with Crippen LogP contribution in [0.3, 0.4) is 0 Å². The molecule has 0 radical (unpaired) electrons. The molecule has 0 amide bonds. The average Bonchev–Trinajstić information content (AvgIpc) is 3.19. The van der Waals surface area contributed by atoms with Crippen molar-refractivity contribution in [1.82, 2.24) is 9.47 Å². The van der Waals surface area contributed by atoms with Gasteiger partial charge in [0.05, 0.1) is 25.6 Å². The van der Waals surface area contributed by atoms with Gasteiger partial charge in [-0.25, -0.2) is 9.38 Å². The second-order valence-electron chi connectivity index (χ2n) is 7.09. The van der Waals surface area contributed by atoms with Crippen LogP contribution in [0.15, 0.2) is 52.8 Å². The lowest BCUT2D eigenvalue weighted by molar-refractivity contribution is 0.293. The standard InChI is InChI=1S/C24H30FN3O2S/c1-5-27(6-2)14-7-15-28-22(21-16-20(29-3)12-13-23(21)30-4)17-31-24(28)26-19-10-8-18(25)9-11-19/h8-13,16-17H,5-7,14-15H2,1-4H3. The zero-order chi connectivity index (χ0) is 22.2. The Labute approximate surface area is 187 Å². The molecule has 0 N–H and O–H groups in total. The Morgan fingerprint density at radius 3 is 2.42 bits per heavy atom. The maximum atomic E-state index is 13.3. The van der Waals surface area contributed by atoms with E-state index in [9.17, 15) is 4.39 Å². The van der Waals surface area contributed by atoms with Crippen LogP contribution < -0.4 is 14.3 Å².